The topological polar surface area (TPSA) is 27.7 Å². The zero-order valence-electron chi connectivity index (χ0n) is 9.55. The van der Waals surface area contributed by atoms with Gasteiger partial charge in [-0.1, -0.05) is 19.8 Å². The molecule has 0 saturated carbocycles. The molecule has 0 fully saturated rings. The normalized spacial score (nSPS) is 10.9. The maximum Gasteiger partial charge on any atom is 0.590 e. The van der Waals surface area contributed by atoms with Crippen molar-refractivity contribution >= 4 is 8.80 Å². The molecule has 0 amide bonds. The Kier molecular flexibility index (Phi) is 7.81. The fourth-order valence-electron chi connectivity index (χ4n) is 1.04. The molecule has 0 aliphatic carbocycles. The molecule has 4 heteroatoms. The summed E-state index contributed by atoms with van der Waals surface area (Å²) in [6.45, 7) is 2.17. The predicted molar refractivity (Wildman–Crippen MR) is 58.7 cm³/mol. The number of rotatable bonds is 6. The lowest BCUT2D eigenvalue weighted by Gasteiger charge is -2.17. The Bertz CT molecular complexity index is 183. The van der Waals surface area contributed by atoms with E-state index in [-0.39, 0.29) is 0 Å². The molecule has 82 valence electrons. The number of hydrogen-bond acceptors (Lipinski definition) is 3. The van der Waals surface area contributed by atoms with Gasteiger partial charge in [-0.2, -0.15) is 0 Å². The molecule has 0 saturated heterocycles. The molecule has 3 nitrogen and oxygen atoms in total. The van der Waals surface area contributed by atoms with Crippen molar-refractivity contribution in [2.45, 2.75) is 32.6 Å². The van der Waals surface area contributed by atoms with Crippen molar-refractivity contribution in [3.8, 4) is 11.5 Å². The van der Waals surface area contributed by atoms with Crippen LogP contribution in [0.5, 0.6) is 0 Å². The highest BCUT2D eigenvalue weighted by molar-refractivity contribution is 6.69. The van der Waals surface area contributed by atoms with E-state index in [4.69, 9.17) is 13.3 Å². The molecule has 0 heterocycles. The molecule has 0 aliphatic heterocycles. The molecule has 0 unspecified atom stereocenters. The SMILES string of the molecule is CCCCCC#C[Si](OC)(OC)OC. The van der Waals surface area contributed by atoms with Crippen molar-refractivity contribution in [1.82, 2.24) is 0 Å². The molecule has 0 radical (unpaired) electrons. The van der Waals surface area contributed by atoms with Gasteiger partial charge in [0.2, 0.25) is 0 Å². The fourth-order valence-corrected chi connectivity index (χ4v) is 2.18. The first kappa shape index (κ1) is 13.7. The third kappa shape index (κ3) is 4.77. The molecule has 0 rings (SSSR count). The van der Waals surface area contributed by atoms with Gasteiger partial charge in [0.05, 0.1) is 0 Å². The van der Waals surface area contributed by atoms with Crippen molar-refractivity contribution in [3.63, 3.8) is 0 Å². The molecule has 14 heavy (non-hydrogen) atoms. The van der Waals surface area contributed by atoms with Crippen LogP contribution < -0.4 is 0 Å². The van der Waals surface area contributed by atoms with Crippen LogP contribution in [0.4, 0.5) is 0 Å². The van der Waals surface area contributed by atoms with Crippen LogP contribution in [0, 0.1) is 11.5 Å². The maximum absolute atomic E-state index is 5.16. The van der Waals surface area contributed by atoms with E-state index >= 15 is 0 Å². The second kappa shape index (κ2) is 8.01. The zero-order valence-corrected chi connectivity index (χ0v) is 10.6. The standard InChI is InChI=1S/C10H20O3Si/c1-5-6-7-8-9-10-14(11-2,12-3)13-4/h5-8H2,1-4H3. The van der Waals surface area contributed by atoms with Crippen LogP contribution >= 0.6 is 0 Å². The quantitative estimate of drug-likeness (QED) is 0.386. The lowest BCUT2D eigenvalue weighted by Crippen LogP contribution is -2.41. The van der Waals surface area contributed by atoms with E-state index in [0.717, 1.165) is 12.8 Å². The third-order valence-electron chi connectivity index (χ3n) is 1.95. The van der Waals surface area contributed by atoms with Gasteiger partial charge in [0.15, 0.2) is 0 Å². The first-order valence-electron chi connectivity index (χ1n) is 4.90. The first-order valence-corrected chi connectivity index (χ1v) is 6.62. The van der Waals surface area contributed by atoms with E-state index in [2.05, 4.69) is 18.4 Å². The third-order valence-corrected chi connectivity index (χ3v) is 4.05. The van der Waals surface area contributed by atoms with Gasteiger partial charge in [-0.25, -0.2) is 0 Å². The minimum Gasteiger partial charge on any atom is -0.367 e. The summed E-state index contributed by atoms with van der Waals surface area (Å²) < 4.78 is 15.5. The molecule has 0 bridgehead atoms. The van der Waals surface area contributed by atoms with Crippen molar-refractivity contribution < 1.29 is 13.3 Å². The monoisotopic (exact) mass is 216 g/mol. The van der Waals surface area contributed by atoms with Gasteiger partial charge < -0.3 is 13.3 Å². The minimum atomic E-state index is -2.64. The van der Waals surface area contributed by atoms with Gasteiger partial charge in [-0.15, -0.1) is 5.92 Å². The first-order chi connectivity index (χ1) is 6.74. The van der Waals surface area contributed by atoms with E-state index in [1.165, 1.54) is 12.8 Å². The molecule has 0 aromatic rings. The molecule has 0 atom stereocenters. The van der Waals surface area contributed by atoms with Gasteiger partial charge in [-0.05, 0) is 12.0 Å². The van der Waals surface area contributed by atoms with Crippen LogP contribution in [-0.2, 0) is 13.3 Å². The molecule has 0 aromatic carbocycles. The summed E-state index contributed by atoms with van der Waals surface area (Å²) in [5.41, 5.74) is 2.96. The molecule has 0 spiro atoms. The highest BCUT2D eigenvalue weighted by Crippen LogP contribution is 2.04. The van der Waals surface area contributed by atoms with Gasteiger partial charge >= 0.3 is 8.80 Å². The Morgan fingerprint density at radius 3 is 2.00 bits per heavy atom. The Morgan fingerprint density at radius 1 is 1.00 bits per heavy atom. The van der Waals surface area contributed by atoms with E-state index in [0.29, 0.717) is 0 Å². The van der Waals surface area contributed by atoms with E-state index in [1.54, 1.807) is 21.3 Å². The van der Waals surface area contributed by atoms with Gasteiger partial charge in [0.25, 0.3) is 0 Å². The van der Waals surface area contributed by atoms with Crippen molar-refractivity contribution in [1.29, 1.82) is 0 Å². The average molecular weight is 216 g/mol. The molecular weight excluding hydrogens is 196 g/mol. The lowest BCUT2D eigenvalue weighted by atomic mass is 10.2. The van der Waals surface area contributed by atoms with E-state index in [9.17, 15) is 0 Å². The zero-order chi connectivity index (χ0) is 10.9. The molecular formula is C10H20O3Si. The second-order valence-corrected chi connectivity index (χ2v) is 5.51. The Balaban J connectivity index is 4.00. The number of unbranched alkanes of at least 4 members (excludes halogenated alkanes) is 3. The van der Waals surface area contributed by atoms with Crippen molar-refractivity contribution in [2.24, 2.45) is 0 Å². The largest absolute Gasteiger partial charge is 0.590 e. The van der Waals surface area contributed by atoms with Crippen LogP contribution in [0.2, 0.25) is 0 Å². The van der Waals surface area contributed by atoms with Gasteiger partial charge in [0.1, 0.15) is 0 Å². The lowest BCUT2D eigenvalue weighted by molar-refractivity contribution is 0.141. The van der Waals surface area contributed by atoms with Gasteiger partial charge in [-0.3, -0.25) is 0 Å². The summed E-state index contributed by atoms with van der Waals surface area (Å²) >= 11 is 0. The maximum atomic E-state index is 5.16. The Morgan fingerprint density at radius 2 is 1.57 bits per heavy atom. The summed E-state index contributed by atoms with van der Waals surface area (Å²) in [5, 5.41) is 0. The average Bonchev–Trinajstić information content (AvgIpc) is 2.24. The molecule has 0 N–H and O–H groups in total. The fraction of sp³-hybridized carbons (Fsp3) is 0.800. The van der Waals surface area contributed by atoms with E-state index in [1.807, 2.05) is 0 Å². The van der Waals surface area contributed by atoms with Crippen molar-refractivity contribution in [2.75, 3.05) is 21.3 Å². The van der Waals surface area contributed by atoms with Gasteiger partial charge in [0, 0.05) is 27.8 Å². The minimum absolute atomic E-state index is 0.888. The summed E-state index contributed by atoms with van der Waals surface area (Å²) in [5.74, 6) is 3.05. The van der Waals surface area contributed by atoms with Crippen molar-refractivity contribution in [3.05, 3.63) is 0 Å². The van der Waals surface area contributed by atoms with Crippen LogP contribution in [0.3, 0.4) is 0 Å². The Hall–Kier alpha value is -0.343. The van der Waals surface area contributed by atoms with Crippen LogP contribution in [0.1, 0.15) is 32.6 Å². The summed E-state index contributed by atoms with van der Waals surface area (Å²) in [7, 11) is 2.07. The highest BCUT2D eigenvalue weighted by Gasteiger charge is 2.36. The summed E-state index contributed by atoms with van der Waals surface area (Å²) in [4.78, 5) is 0. The Labute approximate surface area is 88.1 Å². The van der Waals surface area contributed by atoms with Crippen LogP contribution in [0.25, 0.3) is 0 Å². The second-order valence-electron chi connectivity index (χ2n) is 2.93. The molecule has 0 aromatic heterocycles. The number of hydrogen-bond donors (Lipinski definition) is 0. The van der Waals surface area contributed by atoms with Crippen LogP contribution in [-0.4, -0.2) is 30.1 Å². The summed E-state index contributed by atoms with van der Waals surface area (Å²) in [6, 6.07) is 0. The predicted octanol–water partition coefficient (Wildman–Crippen LogP) is 1.99. The summed E-state index contributed by atoms with van der Waals surface area (Å²) in [6.07, 6.45) is 4.45. The van der Waals surface area contributed by atoms with Crippen LogP contribution in [0.15, 0.2) is 0 Å². The molecule has 0 aliphatic rings. The smallest absolute Gasteiger partial charge is 0.367 e. The highest BCUT2D eigenvalue weighted by atomic mass is 28.4. The van der Waals surface area contributed by atoms with E-state index < -0.39 is 8.80 Å².